The van der Waals surface area contributed by atoms with Gasteiger partial charge in [0, 0.05) is 37.3 Å². The first kappa shape index (κ1) is 14.9. The molecule has 1 aromatic heterocycles. The molecule has 0 N–H and O–H groups in total. The number of piperazine rings is 1. The van der Waals surface area contributed by atoms with Gasteiger partial charge in [-0.1, -0.05) is 11.6 Å². The summed E-state index contributed by atoms with van der Waals surface area (Å²) in [7, 11) is 0. The molecule has 0 spiro atoms. The van der Waals surface area contributed by atoms with E-state index in [0.29, 0.717) is 29.6 Å². The molecular weight excluding hydrogens is 288 g/mol. The summed E-state index contributed by atoms with van der Waals surface area (Å²) in [5.41, 5.74) is 2.67. The quantitative estimate of drug-likeness (QED) is 0.854. The number of fused-ring (bicyclic) bond motifs is 2. The number of aryl methyl sites for hydroxylation is 1. The van der Waals surface area contributed by atoms with Crippen LogP contribution in [0.5, 0.6) is 0 Å². The summed E-state index contributed by atoms with van der Waals surface area (Å²) in [6.07, 6.45) is 4.25. The maximum absolute atomic E-state index is 12.8. The maximum atomic E-state index is 12.8. The number of benzene rings is 1. The summed E-state index contributed by atoms with van der Waals surface area (Å²) in [6.45, 7) is 8.38. The number of hydrogen-bond donors (Lipinski definition) is 0. The molecule has 122 valence electrons. The Morgan fingerprint density at radius 2 is 2.13 bits per heavy atom. The van der Waals surface area contributed by atoms with Gasteiger partial charge < -0.3 is 4.42 Å². The van der Waals surface area contributed by atoms with Crippen LogP contribution in [0.4, 0.5) is 0 Å². The van der Waals surface area contributed by atoms with Crippen molar-refractivity contribution in [1.29, 1.82) is 0 Å². The molecule has 1 aromatic carbocycles. The second kappa shape index (κ2) is 5.77. The normalized spacial score (nSPS) is 25.8. The van der Waals surface area contributed by atoms with Gasteiger partial charge in [-0.25, -0.2) is 0 Å². The topological polar surface area (TPSA) is 36.7 Å². The van der Waals surface area contributed by atoms with Crippen LogP contribution in [-0.4, -0.2) is 41.5 Å². The van der Waals surface area contributed by atoms with Gasteiger partial charge in [-0.15, -0.1) is 0 Å². The Labute approximate surface area is 136 Å². The highest BCUT2D eigenvalue weighted by molar-refractivity contribution is 5.77. The lowest BCUT2D eigenvalue weighted by atomic mass is 10.0. The largest absolute Gasteiger partial charge is 0.464 e. The van der Waals surface area contributed by atoms with Crippen molar-refractivity contribution in [1.82, 2.24) is 9.80 Å². The number of rotatable bonds is 2. The van der Waals surface area contributed by atoms with Crippen molar-refractivity contribution < 1.29 is 4.42 Å². The monoisotopic (exact) mass is 312 g/mol. The SMILES string of the molecule is Cc1ccc2occ(CN3CCN4CCC[C@@H]4[C@H]3C)c(=O)c2c1. The predicted octanol–water partition coefficient (Wildman–Crippen LogP) is 2.77. The van der Waals surface area contributed by atoms with Gasteiger partial charge in [0.2, 0.25) is 0 Å². The van der Waals surface area contributed by atoms with Gasteiger partial charge in [-0.3, -0.25) is 14.6 Å². The Morgan fingerprint density at radius 1 is 1.26 bits per heavy atom. The Kier molecular flexibility index (Phi) is 3.74. The first-order valence-electron chi connectivity index (χ1n) is 8.62. The third-order valence-corrected chi connectivity index (χ3v) is 5.59. The Balaban J connectivity index is 1.62. The third kappa shape index (κ3) is 2.60. The Bertz CT molecular complexity index is 783. The highest BCUT2D eigenvalue weighted by Gasteiger charge is 2.36. The van der Waals surface area contributed by atoms with Crippen LogP contribution in [0.3, 0.4) is 0 Å². The van der Waals surface area contributed by atoms with E-state index < -0.39 is 0 Å². The smallest absolute Gasteiger partial charge is 0.197 e. The molecule has 0 amide bonds. The van der Waals surface area contributed by atoms with Crippen LogP contribution in [0.25, 0.3) is 11.0 Å². The van der Waals surface area contributed by atoms with Crippen LogP contribution in [0.15, 0.2) is 33.7 Å². The summed E-state index contributed by atoms with van der Waals surface area (Å²) in [4.78, 5) is 17.8. The molecule has 2 aliphatic heterocycles. The van der Waals surface area contributed by atoms with Gasteiger partial charge in [-0.2, -0.15) is 0 Å². The van der Waals surface area contributed by atoms with E-state index >= 15 is 0 Å². The van der Waals surface area contributed by atoms with Crippen molar-refractivity contribution in [2.45, 2.75) is 45.3 Å². The molecule has 4 rings (SSSR count). The van der Waals surface area contributed by atoms with Gasteiger partial charge >= 0.3 is 0 Å². The van der Waals surface area contributed by atoms with Crippen molar-refractivity contribution >= 4 is 11.0 Å². The number of hydrogen-bond acceptors (Lipinski definition) is 4. The van der Waals surface area contributed by atoms with E-state index in [1.807, 2.05) is 25.1 Å². The molecule has 0 radical (unpaired) electrons. The van der Waals surface area contributed by atoms with Crippen molar-refractivity contribution in [3.63, 3.8) is 0 Å². The summed E-state index contributed by atoms with van der Waals surface area (Å²) in [6, 6.07) is 6.95. The highest BCUT2D eigenvalue weighted by atomic mass is 16.3. The lowest BCUT2D eigenvalue weighted by molar-refractivity contribution is 0.0465. The van der Waals surface area contributed by atoms with E-state index in [9.17, 15) is 4.79 Å². The molecule has 0 saturated carbocycles. The molecular formula is C19H24N2O2. The fourth-order valence-corrected chi connectivity index (χ4v) is 4.22. The zero-order chi connectivity index (χ0) is 16.0. The average molecular weight is 312 g/mol. The third-order valence-electron chi connectivity index (χ3n) is 5.59. The van der Waals surface area contributed by atoms with Crippen LogP contribution in [-0.2, 0) is 6.54 Å². The summed E-state index contributed by atoms with van der Waals surface area (Å²) < 4.78 is 5.70. The fourth-order valence-electron chi connectivity index (χ4n) is 4.22. The molecule has 2 aliphatic rings. The molecule has 0 bridgehead atoms. The molecule has 4 heteroatoms. The van der Waals surface area contributed by atoms with Crippen LogP contribution in [0.1, 0.15) is 30.9 Å². The van der Waals surface area contributed by atoms with Gasteiger partial charge in [0.05, 0.1) is 11.6 Å². The molecule has 4 nitrogen and oxygen atoms in total. The van der Waals surface area contributed by atoms with Crippen LogP contribution in [0.2, 0.25) is 0 Å². The highest BCUT2D eigenvalue weighted by Crippen LogP contribution is 2.27. The minimum atomic E-state index is 0.121. The van der Waals surface area contributed by atoms with Crippen molar-refractivity contribution in [3.05, 3.63) is 45.8 Å². The van der Waals surface area contributed by atoms with E-state index in [0.717, 1.165) is 24.2 Å². The Hall–Kier alpha value is -1.65. The van der Waals surface area contributed by atoms with Crippen molar-refractivity contribution in [2.75, 3.05) is 19.6 Å². The second-order valence-electron chi connectivity index (χ2n) is 7.05. The van der Waals surface area contributed by atoms with Crippen LogP contribution in [0, 0.1) is 6.92 Å². The summed E-state index contributed by atoms with van der Waals surface area (Å²) >= 11 is 0. The van der Waals surface area contributed by atoms with Crippen molar-refractivity contribution in [3.8, 4) is 0 Å². The standard InChI is InChI=1S/C19H24N2O2/c1-13-5-6-18-16(10-13)19(22)15(12-23-18)11-21-9-8-20-7-3-4-17(20)14(21)2/h5-6,10,12,14,17H,3-4,7-9,11H2,1-2H3/t14-,17-/m1/s1. The van der Waals surface area contributed by atoms with Gasteiger partial charge in [-0.05, 0) is 45.4 Å². The van der Waals surface area contributed by atoms with E-state index in [-0.39, 0.29) is 5.43 Å². The van der Waals surface area contributed by atoms with E-state index in [2.05, 4.69) is 16.7 Å². The molecule has 2 fully saturated rings. The molecule has 0 unspecified atom stereocenters. The fraction of sp³-hybridized carbons (Fsp3) is 0.526. The van der Waals surface area contributed by atoms with E-state index in [4.69, 9.17) is 4.42 Å². The van der Waals surface area contributed by atoms with E-state index in [1.165, 1.54) is 19.4 Å². The molecule has 0 aliphatic carbocycles. The Morgan fingerprint density at radius 3 is 3.00 bits per heavy atom. The van der Waals surface area contributed by atoms with E-state index in [1.54, 1.807) is 6.26 Å². The van der Waals surface area contributed by atoms with Gasteiger partial charge in [0.15, 0.2) is 5.43 Å². The molecule has 2 aromatic rings. The van der Waals surface area contributed by atoms with Crippen molar-refractivity contribution in [2.24, 2.45) is 0 Å². The first-order valence-corrected chi connectivity index (χ1v) is 8.62. The minimum absolute atomic E-state index is 0.121. The number of nitrogens with zero attached hydrogens (tertiary/aromatic N) is 2. The van der Waals surface area contributed by atoms with Gasteiger partial charge in [0.25, 0.3) is 0 Å². The molecule has 23 heavy (non-hydrogen) atoms. The van der Waals surface area contributed by atoms with Crippen LogP contribution < -0.4 is 5.43 Å². The summed E-state index contributed by atoms with van der Waals surface area (Å²) in [5.74, 6) is 0. The minimum Gasteiger partial charge on any atom is -0.464 e. The zero-order valence-corrected chi connectivity index (χ0v) is 13.9. The zero-order valence-electron chi connectivity index (χ0n) is 13.9. The predicted molar refractivity (Wildman–Crippen MR) is 91.7 cm³/mol. The molecule has 2 saturated heterocycles. The summed E-state index contributed by atoms with van der Waals surface area (Å²) in [5, 5.41) is 0.703. The molecule has 2 atom stereocenters. The average Bonchev–Trinajstić information content (AvgIpc) is 3.02. The lowest BCUT2D eigenvalue weighted by Gasteiger charge is -2.43. The second-order valence-corrected chi connectivity index (χ2v) is 7.05. The molecule has 3 heterocycles. The lowest BCUT2D eigenvalue weighted by Crippen LogP contribution is -2.55. The van der Waals surface area contributed by atoms with Crippen LogP contribution >= 0.6 is 0 Å². The van der Waals surface area contributed by atoms with Gasteiger partial charge in [0.1, 0.15) is 5.58 Å². The maximum Gasteiger partial charge on any atom is 0.197 e. The first-order chi connectivity index (χ1) is 11.1.